The molecular formula is C25H29N3O3. The van der Waals surface area contributed by atoms with Crippen LogP contribution >= 0.6 is 0 Å². The molecule has 162 valence electrons. The molecule has 1 N–H and O–H groups in total. The number of para-hydroxylation sites is 2. The molecule has 0 atom stereocenters. The van der Waals surface area contributed by atoms with E-state index in [1.54, 1.807) is 0 Å². The van der Waals surface area contributed by atoms with Crippen LogP contribution in [0.3, 0.4) is 0 Å². The fraction of sp³-hybridized carbons (Fsp3) is 0.320. The molecule has 0 fully saturated rings. The lowest BCUT2D eigenvalue weighted by Gasteiger charge is -2.23. The number of nitrogens with zero attached hydrogens (tertiary/aromatic N) is 2. The van der Waals surface area contributed by atoms with Crippen LogP contribution in [-0.4, -0.2) is 42.0 Å². The van der Waals surface area contributed by atoms with Gasteiger partial charge in [-0.3, -0.25) is 14.7 Å². The first kappa shape index (κ1) is 22.4. The minimum Gasteiger partial charge on any atom is -0.465 e. The molecule has 3 rings (SSSR count). The van der Waals surface area contributed by atoms with Gasteiger partial charge >= 0.3 is 5.97 Å². The average molecular weight is 420 g/mol. The zero-order chi connectivity index (χ0) is 22.4. The number of hydrogen-bond donors (Lipinski definition) is 1. The maximum Gasteiger partial charge on any atom is 0.340 e. The van der Waals surface area contributed by atoms with Crippen molar-refractivity contribution < 1.29 is 14.3 Å². The number of esters is 1. The van der Waals surface area contributed by atoms with Gasteiger partial charge in [-0.05, 0) is 50.1 Å². The van der Waals surface area contributed by atoms with Gasteiger partial charge in [-0.1, -0.05) is 43.3 Å². The van der Waals surface area contributed by atoms with Gasteiger partial charge in [0.05, 0.1) is 30.4 Å². The largest absolute Gasteiger partial charge is 0.465 e. The van der Waals surface area contributed by atoms with E-state index in [0.717, 1.165) is 34.1 Å². The highest BCUT2D eigenvalue weighted by molar-refractivity contribution is 5.98. The standard InChI is InChI=1S/C25H29N3O3/c1-5-14-28(16-23(29)27-20-12-8-6-10-17(20)2)15-22-24(25(30)31-4)18(3)19-11-7-9-13-21(19)26-22/h6-13H,5,14-16H2,1-4H3,(H,27,29). The van der Waals surface area contributed by atoms with Crippen molar-refractivity contribution in [2.45, 2.75) is 33.7 Å². The predicted octanol–water partition coefficient (Wildman–Crippen LogP) is 4.49. The minimum atomic E-state index is -0.411. The third-order valence-corrected chi connectivity index (χ3v) is 5.32. The summed E-state index contributed by atoms with van der Waals surface area (Å²) in [5.41, 5.74) is 4.58. The van der Waals surface area contributed by atoms with Gasteiger partial charge in [0.15, 0.2) is 0 Å². The number of ether oxygens (including phenoxy) is 1. The summed E-state index contributed by atoms with van der Waals surface area (Å²) in [6.45, 7) is 7.22. The SMILES string of the molecule is CCCN(CC(=O)Nc1ccccc1C)Cc1nc2ccccc2c(C)c1C(=O)OC. The smallest absolute Gasteiger partial charge is 0.340 e. The summed E-state index contributed by atoms with van der Waals surface area (Å²) in [6.07, 6.45) is 0.873. The van der Waals surface area contributed by atoms with Crippen molar-refractivity contribution >= 4 is 28.5 Å². The lowest BCUT2D eigenvalue weighted by atomic mass is 10.0. The molecule has 0 aliphatic rings. The zero-order valence-corrected chi connectivity index (χ0v) is 18.6. The van der Waals surface area contributed by atoms with Crippen LogP contribution in [0.15, 0.2) is 48.5 Å². The molecule has 0 spiro atoms. The molecule has 0 saturated carbocycles. The van der Waals surface area contributed by atoms with Gasteiger partial charge in [0.25, 0.3) is 0 Å². The zero-order valence-electron chi connectivity index (χ0n) is 18.6. The van der Waals surface area contributed by atoms with Crippen molar-refractivity contribution in [3.8, 4) is 0 Å². The van der Waals surface area contributed by atoms with Crippen LogP contribution in [0.2, 0.25) is 0 Å². The van der Waals surface area contributed by atoms with Crippen molar-refractivity contribution in [2.24, 2.45) is 0 Å². The van der Waals surface area contributed by atoms with Crippen LogP contribution in [0, 0.1) is 13.8 Å². The number of aryl methyl sites for hydroxylation is 2. The number of carbonyl (C=O) groups is 2. The van der Waals surface area contributed by atoms with Crippen LogP contribution in [0.5, 0.6) is 0 Å². The van der Waals surface area contributed by atoms with E-state index in [-0.39, 0.29) is 12.5 Å². The van der Waals surface area contributed by atoms with Gasteiger partial charge in [0.2, 0.25) is 5.91 Å². The summed E-state index contributed by atoms with van der Waals surface area (Å²) in [7, 11) is 1.38. The molecule has 0 unspecified atom stereocenters. The summed E-state index contributed by atoms with van der Waals surface area (Å²) in [5, 5.41) is 3.90. The Morgan fingerprint density at radius 1 is 1.06 bits per heavy atom. The van der Waals surface area contributed by atoms with Crippen molar-refractivity contribution in [3.63, 3.8) is 0 Å². The van der Waals surface area contributed by atoms with Crippen LogP contribution in [0.25, 0.3) is 10.9 Å². The number of carbonyl (C=O) groups excluding carboxylic acids is 2. The molecule has 1 aromatic heterocycles. The van der Waals surface area contributed by atoms with Crippen LogP contribution in [-0.2, 0) is 16.1 Å². The van der Waals surface area contributed by atoms with Gasteiger partial charge in [0, 0.05) is 17.6 Å². The van der Waals surface area contributed by atoms with Gasteiger partial charge in [0.1, 0.15) is 0 Å². The molecule has 0 aliphatic heterocycles. The molecule has 1 amide bonds. The molecular weight excluding hydrogens is 390 g/mol. The topological polar surface area (TPSA) is 71.5 Å². The first-order valence-electron chi connectivity index (χ1n) is 10.5. The van der Waals surface area contributed by atoms with Crippen LogP contribution in [0.4, 0.5) is 5.69 Å². The number of pyridine rings is 1. The number of amides is 1. The lowest BCUT2D eigenvalue weighted by molar-refractivity contribution is -0.117. The molecule has 6 nitrogen and oxygen atoms in total. The number of rotatable bonds is 8. The van der Waals surface area contributed by atoms with E-state index in [4.69, 9.17) is 9.72 Å². The number of aromatic nitrogens is 1. The average Bonchev–Trinajstić information content (AvgIpc) is 2.75. The van der Waals surface area contributed by atoms with E-state index in [2.05, 4.69) is 12.2 Å². The third kappa shape index (κ3) is 5.27. The van der Waals surface area contributed by atoms with E-state index in [1.807, 2.05) is 67.3 Å². The molecule has 0 aliphatic carbocycles. The van der Waals surface area contributed by atoms with Gasteiger partial charge in [-0.2, -0.15) is 0 Å². The summed E-state index contributed by atoms with van der Waals surface area (Å²) in [5.74, 6) is -0.508. The first-order valence-corrected chi connectivity index (χ1v) is 10.5. The van der Waals surface area contributed by atoms with Crippen molar-refractivity contribution in [3.05, 3.63) is 70.9 Å². The van der Waals surface area contributed by atoms with E-state index in [0.29, 0.717) is 24.3 Å². The molecule has 0 saturated heterocycles. The van der Waals surface area contributed by atoms with E-state index < -0.39 is 5.97 Å². The Morgan fingerprint density at radius 3 is 2.48 bits per heavy atom. The number of nitrogens with one attached hydrogen (secondary N) is 1. The Balaban J connectivity index is 1.89. The van der Waals surface area contributed by atoms with E-state index in [9.17, 15) is 9.59 Å². The van der Waals surface area contributed by atoms with Crippen molar-refractivity contribution in [1.82, 2.24) is 9.88 Å². The Hall–Kier alpha value is -3.25. The molecule has 2 aromatic carbocycles. The van der Waals surface area contributed by atoms with Gasteiger partial charge < -0.3 is 10.1 Å². The molecule has 0 radical (unpaired) electrons. The van der Waals surface area contributed by atoms with Crippen LogP contribution < -0.4 is 5.32 Å². The fourth-order valence-corrected chi connectivity index (χ4v) is 3.78. The second kappa shape index (κ2) is 10.2. The Morgan fingerprint density at radius 2 is 1.77 bits per heavy atom. The quantitative estimate of drug-likeness (QED) is 0.545. The highest BCUT2D eigenvalue weighted by Gasteiger charge is 2.22. The summed E-state index contributed by atoms with van der Waals surface area (Å²) >= 11 is 0. The van der Waals surface area contributed by atoms with E-state index in [1.165, 1.54) is 7.11 Å². The highest BCUT2D eigenvalue weighted by Crippen LogP contribution is 2.25. The summed E-state index contributed by atoms with van der Waals surface area (Å²) in [4.78, 5) is 32.1. The second-order valence-electron chi connectivity index (χ2n) is 7.64. The highest BCUT2D eigenvalue weighted by atomic mass is 16.5. The second-order valence-corrected chi connectivity index (χ2v) is 7.64. The lowest BCUT2D eigenvalue weighted by Crippen LogP contribution is -2.34. The Labute approximate surface area is 183 Å². The Bertz CT molecular complexity index is 1090. The van der Waals surface area contributed by atoms with E-state index >= 15 is 0 Å². The van der Waals surface area contributed by atoms with Crippen molar-refractivity contribution in [1.29, 1.82) is 0 Å². The number of hydrogen-bond acceptors (Lipinski definition) is 5. The molecule has 3 aromatic rings. The fourth-order valence-electron chi connectivity index (χ4n) is 3.78. The van der Waals surface area contributed by atoms with Gasteiger partial charge in [-0.25, -0.2) is 4.79 Å². The van der Waals surface area contributed by atoms with Gasteiger partial charge in [-0.15, -0.1) is 0 Å². The molecule has 0 bridgehead atoms. The predicted molar refractivity (Wildman–Crippen MR) is 123 cm³/mol. The molecule has 1 heterocycles. The minimum absolute atomic E-state index is 0.0973. The Kier molecular flexibility index (Phi) is 7.36. The maximum absolute atomic E-state index is 12.7. The third-order valence-electron chi connectivity index (χ3n) is 5.32. The number of anilines is 1. The van der Waals surface area contributed by atoms with Crippen LogP contribution in [0.1, 0.15) is 40.5 Å². The molecule has 31 heavy (non-hydrogen) atoms. The molecule has 6 heteroatoms. The number of fused-ring (bicyclic) bond motifs is 1. The normalized spacial score (nSPS) is 11.0. The summed E-state index contributed by atoms with van der Waals surface area (Å²) < 4.78 is 5.04. The monoisotopic (exact) mass is 419 g/mol. The number of methoxy groups -OCH3 is 1. The first-order chi connectivity index (χ1) is 14.9. The summed E-state index contributed by atoms with van der Waals surface area (Å²) in [6, 6.07) is 15.4. The van der Waals surface area contributed by atoms with Crippen molar-refractivity contribution in [2.75, 3.05) is 25.5 Å². The number of benzene rings is 2. The maximum atomic E-state index is 12.7.